The van der Waals surface area contributed by atoms with Gasteiger partial charge in [0, 0.05) is 18.5 Å². The third-order valence-electron chi connectivity index (χ3n) is 4.52. The lowest BCUT2D eigenvalue weighted by atomic mass is 9.97. The van der Waals surface area contributed by atoms with E-state index in [1.165, 1.54) is 19.3 Å². The van der Waals surface area contributed by atoms with Crippen LogP contribution in [0.4, 0.5) is 5.69 Å². The van der Waals surface area contributed by atoms with Crippen LogP contribution in [0.1, 0.15) is 51.5 Å². The summed E-state index contributed by atoms with van der Waals surface area (Å²) in [6.45, 7) is 5.52. The molecule has 118 valence electrons. The lowest BCUT2D eigenvalue weighted by molar-refractivity contribution is -0.116. The van der Waals surface area contributed by atoms with Crippen molar-refractivity contribution in [1.82, 2.24) is 4.90 Å². The van der Waals surface area contributed by atoms with E-state index in [4.69, 9.17) is 5.26 Å². The van der Waals surface area contributed by atoms with Crippen LogP contribution in [0, 0.1) is 11.3 Å². The fraction of sp³-hybridized carbons (Fsp3) is 0.556. The van der Waals surface area contributed by atoms with Crippen molar-refractivity contribution in [3.05, 3.63) is 29.8 Å². The number of carbonyl (C=O) groups excluding carboxylic acids is 1. The molecule has 22 heavy (non-hydrogen) atoms. The number of nitriles is 1. The molecule has 1 saturated heterocycles. The van der Waals surface area contributed by atoms with Gasteiger partial charge in [-0.05, 0) is 51.8 Å². The molecular weight excluding hydrogens is 274 g/mol. The summed E-state index contributed by atoms with van der Waals surface area (Å²) in [5.74, 6) is -0.0139. The van der Waals surface area contributed by atoms with Crippen LogP contribution in [0.5, 0.6) is 0 Å². The Hall–Kier alpha value is -1.86. The van der Waals surface area contributed by atoms with Gasteiger partial charge in [0.2, 0.25) is 5.91 Å². The number of rotatable bonds is 5. The predicted molar refractivity (Wildman–Crippen MR) is 88.5 cm³/mol. The number of para-hydroxylation sites is 1. The van der Waals surface area contributed by atoms with E-state index in [1.54, 1.807) is 18.2 Å². The highest BCUT2D eigenvalue weighted by molar-refractivity contribution is 5.92. The lowest BCUT2D eigenvalue weighted by Crippen LogP contribution is -2.44. The highest BCUT2D eigenvalue weighted by Gasteiger charge is 2.24. The van der Waals surface area contributed by atoms with Gasteiger partial charge in [0.15, 0.2) is 0 Å². The molecule has 2 unspecified atom stereocenters. The molecule has 0 radical (unpaired) electrons. The molecule has 1 amide bonds. The largest absolute Gasteiger partial charge is 0.325 e. The van der Waals surface area contributed by atoms with Crippen LogP contribution in [0.3, 0.4) is 0 Å². The van der Waals surface area contributed by atoms with E-state index in [0.717, 1.165) is 13.0 Å². The zero-order valence-electron chi connectivity index (χ0n) is 13.5. The van der Waals surface area contributed by atoms with E-state index < -0.39 is 0 Å². The highest BCUT2D eigenvalue weighted by Crippen LogP contribution is 2.22. The van der Waals surface area contributed by atoms with Gasteiger partial charge in [-0.25, -0.2) is 0 Å². The van der Waals surface area contributed by atoms with Crippen molar-refractivity contribution in [3.63, 3.8) is 0 Å². The maximum atomic E-state index is 12.0. The Balaban J connectivity index is 1.79. The maximum Gasteiger partial charge on any atom is 0.224 e. The van der Waals surface area contributed by atoms with Gasteiger partial charge >= 0.3 is 0 Å². The summed E-state index contributed by atoms with van der Waals surface area (Å²) in [4.78, 5) is 14.6. The molecule has 4 nitrogen and oxygen atoms in total. The normalized spacial score (nSPS) is 22.0. The van der Waals surface area contributed by atoms with Gasteiger partial charge in [0.1, 0.15) is 6.07 Å². The predicted octanol–water partition coefficient (Wildman–Crippen LogP) is 3.54. The minimum absolute atomic E-state index is 0.0139. The molecule has 2 atom stereocenters. The Morgan fingerprint density at radius 2 is 2.00 bits per heavy atom. The van der Waals surface area contributed by atoms with Crippen molar-refractivity contribution >= 4 is 11.6 Å². The Morgan fingerprint density at radius 3 is 2.68 bits per heavy atom. The molecule has 4 heteroatoms. The van der Waals surface area contributed by atoms with E-state index in [9.17, 15) is 4.79 Å². The lowest BCUT2D eigenvalue weighted by Gasteiger charge is -2.39. The zero-order chi connectivity index (χ0) is 15.9. The van der Waals surface area contributed by atoms with Crippen LogP contribution in [0.2, 0.25) is 0 Å². The number of anilines is 1. The van der Waals surface area contributed by atoms with Gasteiger partial charge in [0.25, 0.3) is 0 Å². The van der Waals surface area contributed by atoms with Crippen molar-refractivity contribution in [2.45, 2.75) is 58.0 Å². The second-order valence-corrected chi connectivity index (χ2v) is 6.18. The van der Waals surface area contributed by atoms with Crippen molar-refractivity contribution < 1.29 is 4.79 Å². The maximum absolute atomic E-state index is 12.0. The van der Waals surface area contributed by atoms with E-state index in [0.29, 0.717) is 29.8 Å². The molecule has 1 aromatic carbocycles. The first-order valence-corrected chi connectivity index (χ1v) is 8.16. The Morgan fingerprint density at radius 1 is 1.32 bits per heavy atom. The van der Waals surface area contributed by atoms with Crippen LogP contribution < -0.4 is 5.32 Å². The van der Waals surface area contributed by atoms with E-state index in [1.807, 2.05) is 6.07 Å². The minimum atomic E-state index is -0.0139. The summed E-state index contributed by atoms with van der Waals surface area (Å²) < 4.78 is 0. The monoisotopic (exact) mass is 299 g/mol. The van der Waals surface area contributed by atoms with Gasteiger partial charge in [-0.15, -0.1) is 0 Å². The first-order chi connectivity index (χ1) is 10.6. The Bertz CT molecular complexity index is 540. The molecule has 2 rings (SSSR count). The van der Waals surface area contributed by atoms with Crippen molar-refractivity contribution in [1.29, 1.82) is 5.26 Å². The van der Waals surface area contributed by atoms with E-state index in [-0.39, 0.29) is 5.91 Å². The number of carbonyl (C=O) groups is 1. The van der Waals surface area contributed by atoms with Gasteiger partial charge in [0.05, 0.1) is 11.3 Å². The van der Waals surface area contributed by atoms with Crippen molar-refractivity contribution in [2.75, 3.05) is 11.9 Å². The van der Waals surface area contributed by atoms with Crippen LogP contribution in [0.25, 0.3) is 0 Å². The summed E-state index contributed by atoms with van der Waals surface area (Å²) in [7, 11) is 0. The molecule has 0 bridgehead atoms. The number of amides is 1. The molecule has 0 aliphatic carbocycles. The third kappa shape index (κ3) is 4.32. The number of hydrogen-bond donors (Lipinski definition) is 1. The van der Waals surface area contributed by atoms with E-state index in [2.05, 4.69) is 30.1 Å². The topological polar surface area (TPSA) is 56.1 Å². The van der Waals surface area contributed by atoms with Gasteiger partial charge in [-0.3, -0.25) is 9.69 Å². The average Bonchev–Trinajstić information content (AvgIpc) is 2.51. The van der Waals surface area contributed by atoms with Gasteiger partial charge < -0.3 is 5.32 Å². The zero-order valence-corrected chi connectivity index (χ0v) is 13.5. The quantitative estimate of drug-likeness (QED) is 0.904. The number of nitrogens with zero attached hydrogens (tertiary/aromatic N) is 2. The standard InChI is InChI=1S/C18H25N3O/c1-14-7-5-8-15(2)21(14)12-6-11-18(22)20-17-10-4-3-9-16(17)13-19/h3-4,9-10,14-15H,5-8,11-12H2,1-2H3,(H,20,22). The first kappa shape index (κ1) is 16.5. The molecule has 1 fully saturated rings. The van der Waals surface area contributed by atoms with E-state index >= 15 is 0 Å². The molecule has 1 N–H and O–H groups in total. The summed E-state index contributed by atoms with van der Waals surface area (Å²) in [6, 6.07) is 10.4. The summed E-state index contributed by atoms with van der Waals surface area (Å²) in [5.41, 5.74) is 1.11. The summed E-state index contributed by atoms with van der Waals surface area (Å²) in [6.07, 6.45) is 5.17. The number of hydrogen-bond acceptors (Lipinski definition) is 3. The first-order valence-electron chi connectivity index (χ1n) is 8.16. The van der Waals surface area contributed by atoms with Gasteiger partial charge in [-0.1, -0.05) is 18.6 Å². The third-order valence-corrected chi connectivity index (χ3v) is 4.52. The second-order valence-electron chi connectivity index (χ2n) is 6.18. The average molecular weight is 299 g/mol. The van der Waals surface area contributed by atoms with Crippen LogP contribution in [-0.2, 0) is 4.79 Å². The van der Waals surface area contributed by atoms with Crippen LogP contribution in [-0.4, -0.2) is 29.4 Å². The Kier molecular flexibility index (Phi) is 5.97. The minimum Gasteiger partial charge on any atom is -0.325 e. The molecule has 1 aliphatic rings. The van der Waals surface area contributed by atoms with Crippen molar-refractivity contribution in [2.24, 2.45) is 0 Å². The molecule has 1 aliphatic heterocycles. The number of benzene rings is 1. The smallest absolute Gasteiger partial charge is 0.224 e. The molecule has 0 spiro atoms. The SMILES string of the molecule is CC1CCCC(C)N1CCCC(=O)Nc1ccccc1C#N. The van der Waals surface area contributed by atoms with Crippen LogP contribution in [0.15, 0.2) is 24.3 Å². The summed E-state index contributed by atoms with van der Waals surface area (Å²) >= 11 is 0. The second kappa shape index (κ2) is 7.95. The number of piperidine rings is 1. The Labute approximate surface area is 133 Å². The highest BCUT2D eigenvalue weighted by atomic mass is 16.1. The van der Waals surface area contributed by atoms with Crippen LogP contribution >= 0.6 is 0 Å². The number of nitrogens with one attached hydrogen (secondary N) is 1. The van der Waals surface area contributed by atoms with Crippen molar-refractivity contribution in [3.8, 4) is 6.07 Å². The molecule has 1 heterocycles. The molecule has 0 aromatic heterocycles. The summed E-state index contributed by atoms with van der Waals surface area (Å²) in [5, 5.41) is 11.9. The van der Waals surface area contributed by atoms with Gasteiger partial charge in [-0.2, -0.15) is 5.26 Å². The fourth-order valence-corrected chi connectivity index (χ4v) is 3.24. The fourth-order valence-electron chi connectivity index (χ4n) is 3.24. The molecule has 0 saturated carbocycles. The number of likely N-dealkylation sites (tertiary alicyclic amines) is 1. The molecule has 1 aromatic rings. The molecular formula is C18H25N3O.